The Morgan fingerprint density at radius 1 is 1.06 bits per heavy atom. The van der Waals surface area contributed by atoms with Gasteiger partial charge in [0.05, 0.1) is 10.7 Å². The first-order valence-corrected chi connectivity index (χ1v) is 13.0. The molecule has 2 saturated carbocycles. The molecule has 0 heterocycles. The predicted octanol–water partition coefficient (Wildman–Crippen LogP) is 6.58. The van der Waals surface area contributed by atoms with Crippen molar-refractivity contribution in [3.8, 4) is 0 Å². The first-order chi connectivity index (χ1) is 16.5. The Balaban J connectivity index is 0.000000192. The van der Waals surface area contributed by atoms with E-state index in [2.05, 4.69) is 48.2 Å². The van der Waals surface area contributed by atoms with Crippen molar-refractivity contribution in [3.05, 3.63) is 80.7 Å². The number of nitrogens with one attached hydrogen (secondary N) is 1. The van der Waals surface area contributed by atoms with Crippen LogP contribution < -0.4 is 11.1 Å². The topological polar surface area (TPSA) is 62.8 Å². The van der Waals surface area contributed by atoms with Crippen LogP contribution in [0.2, 0.25) is 10.0 Å². The second-order valence-corrected chi connectivity index (χ2v) is 10.3. The number of nitrogens with zero attached hydrogens (tertiary/aromatic N) is 2. The molecule has 0 amide bonds. The number of nitrogens with two attached hydrogens (primary N) is 1. The molecule has 3 aliphatic rings. The fourth-order valence-electron chi connectivity index (χ4n) is 4.47. The molecule has 0 spiro atoms. The summed E-state index contributed by atoms with van der Waals surface area (Å²) in [6.45, 7) is 6.78. The molecule has 0 radical (unpaired) electrons. The lowest BCUT2D eigenvalue weighted by Gasteiger charge is -2.11. The third-order valence-electron chi connectivity index (χ3n) is 6.62. The lowest BCUT2D eigenvalue weighted by molar-refractivity contribution is 0.552. The fourth-order valence-corrected chi connectivity index (χ4v) is 4.99. The van der Waals surface area contributed by atoms with E-state index in [1.807, 2.05) is 12.1 Å². The van der Waals surface area contributed by atoms with E-state index >= 15 is 0 Å². The van der Waals surface area contributed by atoms with Crippen molar-refractivity contribution >= 4 is 35.6 Å². The molecule has 0 atom stereocenters. The molecule has 3 N–H and O–H groups in total. The normalized spacial score (nSPS) is 18.6. The highest BCUT2D eigenvalue weighted by Gasteiger charge is 2.30. The van der Waals surface area contributed by atoms with Gasteiger partial charge in [-0.05, 0) is 87.4 Å². The summed E-state index contributed by atoms with van der Waals surface area (Å²) in [7, 11) is 0. The van der Waals surface area contributed by atoms with Crippen molar-refractivity contribution in [2.45, 2.75) is 57.9 Å². The van der Waals surface area contributed by atoms with E-state index in [1.165, 1.54) is 36.8 Å². The largest absolute Gasteiger partial charge is 0.382 e. The van der Waals surface area contributed by atoms with Crippen molar-refractivity contribution in [1.82, 2.24) is 5.32 Å². The highest BCUT2D eigenvalue weighted by Crippen LogP contribution is 2.40. The Morgan fingerprint density at radius 2 is 1.74 bits per heavy atom. The highest BCUT2D eigenvalue weighted by molar-refractivity contribution is 6.37. The van der Waals surface area contributed by atoms with Crippen LogP contribution in [0.15, 0.2) is 64.0 Å². The van der Waals surface area contributed by atoms with Crippen LogP contribution >= 0.6 is 23.2 Å². The molecule has 0 aromatic heterocycles. The summed E-state index contributed by atoms with van der Waals surface area (Å²) in [5, 5.41) is 4.75. The van der Waals surface area contributed by atoms with Gasteiger partial charge in [0.1, 0.15) is 5.82 Å². The minimum atomic E-state index is 0.408. The van der Waals surface area contributed by atoms with Crippen molar-refractivity contribution < 1.29 is 0 Å². The van der Waals surface area contributed by atoms with Crippen LogP contribution in [0.4, 0.5) is 0 Å². The lowest BCUT2D eigenvalue weighted by Crippen LogP contribution is -2.28. The first-order valence-electron chi connectivity index (χ1n) is 12.3. The zero-order chi connectivity index (χ0) is 24.1. The van der Waals surface area contributed by atoms with Gasteiger partial charge in [0.25, 0.3) is 0 Å². The van der Waals surface area contributed by atoms with E-state index in [0.29, 0.717) is 33.7 Å². The second kappa shape index (κ2) is 11.5. The van der Waals surface area contributed by atoms with Crippen LogP contribution in [0.25, 0.3) is 0 Å². The van der Waals surface area contributed by atoms with E-state index < -0.39 is 0 Å². The van der Waals surface area contributed by atoms with Crippen molar-refractivity contribution in [2.75, 3.05) is 6.54 Å². The maximum Gasteiger partial charge on any atom is 0.144 e. The SMILES string of the molecule is C=N/C(N)=C(\N=C(CC1CC1)c1ccc(Cl)cc1Cl)C1CC1.CCNC1Cc2ccccc2C1. The Labute approximate surface area is 213 Å². The Kier molecular flexibility index (Phi) is 8.46. The van der Waals surface area contributed by atoms with Gasteiger partial charge in [0.2, 0.25) is 0 Å². The molecule has 0 unspecified atom stereocenters. The van der Waals surface area contributed by atoms with E-state index in [9.17, 15) is 0 Å². The Hall–Kier alpha value is -2.14. The van der Waals surface area contributed by atoms with Gasteiger partial charge in [-0.2, -0.15) is 0 Å². The minimum absolute atomic E-state index is 0.408. The number of halogens is 2. The molecule has 180 valence electrons. The van der Waals surface area contributed by atoms with E-state index in [-0.39, 0.29) is 0 Å². The van der Waals surface area contributed by atoms with Gasteiger partial charge in [-0.15, -0.1) is 0 Å². The van der Waals surface area contributed by atoms with Crippen LogP contribution in [0.1, 0.15) is 55.7 Å². The number of fused-ring (bicyclic) bond motifs is 1. The van der Waals surface area contributed by atoms with Crippen molar-refractivity contribution in [2.24, 2.45) is 27.6 Å². The van der Waals surface area contributed by atoms with Crippen LogP contribution in [-0.4, -0.2) is 25.0 Å². The smallest absolute Gasteiger partial charge is 0.144 e. The van der Waals surface area contributed by atoms with Gasteiger partial charge in [-0.25, -0.2) is 4.99 Å². The van der Waals surface area contributed by atoms with E-state index in [0.717, 1.165) is 42.8 Å². The molecular weight excluding hydrogens is 463 g/mol. The standard InChI is InChI=1S/C17H19Cl2N3.C11H15N/c1-21-17(20)16(11-4-5-11)22-15(8-10-2-3-10)13-7-6-12(18)9-14(13)19;1-2-12-11-7-9-5-3-4-6-10(9)8-11/h6-7,9-11H,1-5,8,20H2;3-6,11-12H,2,7-8H2,1H3/b17-16-,22-15?;. The zero-order valence-electron chi connectivity index (χ0n) is 19.9. The molecule has 6 heteroatoms. The number of hydrogen-bond acceptors (Lipinski definition) is 4. The van der Waals surface area contributed by atoms with Gasteiger partial charge in [-0.1, -0.05) is 60.5 Å². The third kappa shape index (κ3) is 6.71. The van der Waals surface area contributed by atoms with Gasteiger partial charge in [0.15, 0.2) is 0 Å². The minimum Gasteiger partial charge on any atom is -0.382 e. The fraction of sp³-hybridized carbons (Fsp3) is 0.429. The first kappa shape index (κ1) is 25.0. The molecule has 0 saturated heterocycles. The molecule has 3 aliphatic carbocycles. The highest BCUT2D eigenvalue weighted by atomic mass is 35.5. The molecule has 2 fully saturated rings. The number of rotatable bonds is 8. The maximum absolute atomic E-state index is 6.37. The molecule has 2 aromatic rings. The maximum atomic E-state index is 6.37. The average Bonchev–Trinajstić information content (AvgIpc) is 3.75. The summed E-state index contributed by atoms with van der Waals surface area (Å²) >= 11 is 12.4. The molecule has 34 heavy (non-hydrogen) atoms. The number of likely N-dealkylation sites (N-methyl/N-ethyl adjacent to an activating group) is 1. The van der Waals surface area contributed by atoms with E-state index in [1.54, 1.807) is 6.07 Å². The number of hydrogen-bond donors (Lipinski definition) is 2. The molecule has 0 aliphatic heterocycles. The molecule has 4 nitrogen and oxygen atoms in total. The summed E-state index contributed by atoms with van der Waals surface area (Å²) < 4.78 is 0. The number of allylic oxidation sites excluding steroid dienone is 1. The Bertz CT molecular complexity index is 1060. The quantitative estimate of drug-likeness (QED) is 0.405. The second-order valence-electron chi connectivity index (χ2n) is 9.46. The number of benzene rings is 2. The monoisotopic (exact) mass is 496 g/mol. The average molecular weight is 498 g/mol. The number of aliphatic imine (C=N–C) groups is 2. The van der Waals surface area contributed by atoms with Gasteiger partial charge in [0, 0.05) is 28.3 Å². The van der Waals surface area contributed by atoms with Gasteiger partial charge < -0.3 is 11.1 Å². The van der Waals surface area contributed by atoms with Crippen LogP contribution in [-0.2, 0) is 12.8 Å². The predicted molar refractivity (Wildman–Crippen MR) is 145 cm³/mol. The van der Waals surface area contributed by atoms with Crippen molar-refractivity contribution in [1.29, 1.82) is 0 Å². The summed E-state index contributed by atoms with van der Waals surface area (Å²) in [6, 6.07) is 15.0. The molecule has 2 aromatic carbocycles. The zero-order valence-corrected chi connectivity index (χ0v) is 21.4. The summed E-state index contributed by atoms with van der Waals surface area (Å²) in [5.41, 5.74) is 11.8. The van der Waals surface area contributed by atoms with Gasteiger partial charge >= 0.3 is 0 Å². The molecular formula is C28H34Cl2N4. The summed E-state index contributed by atoms with van der Waals surface area (Å²) in [4.78, 5) is 8.73. The van der Waals surface area contributed by atoms with Crippen LogP contribution in [0.5, 0.6) is 0 Å². The molecule has 5 rings (SSSR count). The summed E-state index contributed by atoms with van der Waals surface area (Å²) in [5.74, 6) is 1.54. The molecule has 0 bridgehead atoms. The third-order valence-corrected chi connectivity index (χ3v) is 7.16. The summed E-state index contributed by atoms with van der Waals surface area (Å²) in [6.07, 6.45) is 8.07. The van der Waals surface area contributed by atoms with Gasteiger partial charge in [-0.3, -0.25) is 4.99 Å². The van der Waals surface area contributed by atoms with Crippen LogP contribution in [0.3, 0.4) is 0 Å². The lowest BCUT2D eigenvalue weighted by atomic mass is 10.0. The van der Waals surface area contributed by atoms with Crippen molar-refractivity contribution in [3.63, 3.8) is 0 Å². The van der Waals surface area contributed by atoms with E-state index in [4.69, 9.17) is 33.9 Å². The van der Waals surface area contributed by atoms with Crippen LogP contribution in [0, 0.1) is 11.8 Å². The Morgan fingerprint density at radius 3 is 2.26 bits per heavy atom.